The number of hydrogen-bond acceptors (Lipinski definition) is 4. The Morgan fingerprint density at radius 2 is 2.07 bits per heavy atom. The molecule has 1 unspecified atom stereocenters. The highest BCUT2D eigenvalue weighted by Gasteiger charge is 2.47. The minimum atomic E-state index is -3.07. The molecule has 2 aliphatic rings. The maximum atomic E-state index is 11.4. The van der Waals surface area contributed by atoms with Crippen LogP contribution >= 0.6 is 0 Å². The van der Waals surface area contributed by atoms with Crippen LogP contribution in [0.1, 0.15) is 13.3 Å². The van der Waals surface area contributed by atoms with Crippen molar-refractivity contribution in [1.82, 2.24) is 10.2 Å². The summed E-state index contributed by atoms with van der Waals surface area (Å²) in [5, 5.41) is 2.15. The molecule has 1 N–H and O–H groups in total. The number of sulfone groups is 1. The molecule has 15 heavy (non-hydrogen) atoms. The number of rotatable bonds is 1. The third kappa shape index (κ3) is 1.71. The van der Waals surface area contributed by atoms with E-state index in [0.717, 1.165) is 0 Å². The molecule has 0 aromatic rings. The first-order valence-electron chi connectivity index (χ1n) is 4.64. The van der Waals surface area contributed by atoms with Crippen LogP contribution in [0.5, 0.6) is 0 Å². The van der Waals surface area contributed by atoms with Crippen molar-refractivity contribution in [3.05, 3.63) is 0 Å². The molecule has 0 aromatic heterocycles. The Morgan fingerprint density at radius 3 is 2.47 bits per heavy atom. The van der Waals surface area contributed by atoms with E-state index >= 15 is 0 Å². The standard InChI is InChI=1S/C8H12N2O4S/c1-8(2-3-15(13,14)5-8)10-4-6(11)9-7(10)12/h2-5H2,1H3,(H,9,11,12). The van der Waals surface area contributed by atoms with E-state index < -0.39 is 21.4 Å². The van der Waals surface area contributed by atoms with Crippen LogP contribution in [0.25, 0.3) is 0 Å². The number of amides is 3. The number of carbonyl (C=O) groups is 2. The van der Waals surface area contributed by atoms with Gasteiger partial charge in [-0.1, -0.05) is 0 Å². The molecule has 0 saturated carbocycles. The van der Waals surface area contributed by atoms with Crippen LogP contribution in [0.4, 0.5) is 4.79 Å². The van der Waals surface area contributed by atoms with Crippen LogP contribution in [-0.4, -0.2) is 48.8 Å². The van der Waals surface area contributed by atoms with Crippen LogP contribution < -0.4 is 5.32 Å². The third-order valence-electron chi connectivity index (χ3n) is 2.93. The van der Waals surface area contributed by atoms with E-state index in [0.29, 0.717) is 6.42 Å². The van der Waals surface area contributed by atoms with Gasteiger partial charge < -0.3 is 4.90 Å². The molecule has 0 bridgehead atoms. The van der Waals surface area contributed by atoms with Gasteiger partial charge in [0.2, 0.25) is 5.91 Å². The second-order valence-electron chi connectivity index (χ2n) is 4.28. The van der Waals surface area contributed by atoms with Crippen molar-refractivity contribution in [1.29, 1.82) is 0 Å². The van der Waals surface area contributed by atoms with Crippen molar-refractivity contribution < 1.29 is 18.0 Å². The van der Waals surface area contributed by atoms with Gasteiger partial charge in [0.15, 0.2) is 9.84 Å². The second-order valence-corrected chi connectivity index (χ2v) is 6.46. The molecular weight excluding hydrogens is 220 g/mol. The largest absolute Gasteiger partial charge is 0.325 e. The van der Waals surface area contributed by atoms with Gasteiger partial charge in [0.25, 0.3) is 0 Å². The summed E-state index contributed by atoms with van der Waals surface area (Å²) >= 11 is 0. The molecule has 6 nitrogen and oxygen atoms in total. The SMILES string of the molecule is CC1(N2CC(=O)NC2=O)CCS(=O)(=O)C1. The molecule has 7 heteroatoms. The summed E-state index contributed by atoms with van der Waals surface area (Å²) in [5.74, 6) is -0.340. The van der Waals surface area contributed by atoms with Gasteiger partial charge in [-0.25, -0.2) is 13.2 Å². The fraction of sp³-hybridized carbons (Fsp3) is 0.750. The number of hydrogen-bond donors (Lipinski definition) is 1. The Balaban J connectivity index is 2.25. The summed E-state index contributed by atoms with van der Waals surface area (Å²) in [4.78, 5) is 23.7. The van der Waals surface area contributed by atoms with E-state index in [1.54, 1.807) is 6.92 Å². The molecule has 2 heterocycles. The fourth-order valence-electron chi connectivity index (χ4n) is 2.08. The van der Waals surface area contributed by atoms with Crippen molar-refractivity contribution in [3.63, 3.8) is 0 Å². The minimum absolute atomic E-state index is 0.0369. The summed E-state index contributed by atoms with van der Waals surface area (Å²) in [6.07, 6.45) is 0.399. The molecule has 1 atom stereocenters. The quantitative estimate of drug-likeness (QED) is 0.595. The number of urea groups is 1. The lowest BCUT2D eigenvalue weighted by Crippen LogP contribution is -2.49. The lowest BCUT2D eigenvalue weighted by atomic mass is 10.0. The van der Waals surface area contributed by atoms with Crippen molar-refractivity contribution in [2.75, 3.05) is 18.1 Å². The molecule has 2 fully saturated rings. The fourth-order valence-corrected chi connectivity index (χ4v) is 4.23. The third-order valence-corrected chi connectivity index (χ3v) is 4.82. The number of carbonyl (C=O) groups excluding carboxylic acids is 2. The van der Waals surface area contributed by atoms with Gasteiger partial charge in [0.1, 0.15) is 6.54 Å². The molecule has 2 rings (SSSR count). The molecule has 2 aliphatic heterocycles. The second kappa shape index (κ2) is 2.94. The molecule has 0 radical (unpaired) electrons. The van der Waals surface area contributed by atoms with Gasteiger partial charge in [-0.2, -0.15) is 0 Å². The van der Waals surface area contributed by atoms with E-state index in [1.165, 1.54) is 4.90 Å². The van der Waals surface area contributed by atoms with Crippen molar-refractivity contribution in [3.8, 4) is 0 Å². The average molecular weight is 232 g/mol. The minimum Gasteiger partial charge on any atom is -0.309 e. The summed E-state index contributed by atoms with van der Waals surface area (Å²) in [6.45, 7) is 1.67. The molecule has 0 aliphatic carbocycles. The predicted molar refractivity (Wildman–Crippen MR) is 51.9 cm³/mol. The van der Waals surface area contributed by atoms with E-state index in [-0.39, 0.29) is 24.0 Å². The normalized spacial score (nSPS) is 34.6. The van der Waals surface area contributed by atoms with Crippen molar-refractivity contribution in [2.45, 2.75) is 18.9 Å². The first-order chi connectivity index (χ1) is 6.82. The molecule has 3 amide bonds. The average Bonchev–Trinajstić information content (AvgIpc) is 2.54. The van der Waals surface area contributed by atoms with Gasteiger partial charge in [-0.3, -0.25) is 10.1 Å². The molecular formula is C8H12N2O4S. The van der Waals surface area contributed by atoms with E-state index in [2.05, 4.69) is 5.32 Å². The maximum Gasteiger partial charge on any atom is 0.325 e. The zero-order chi connectivity index (χ0) is 11.3. The van der Waals surface area contributed by atoms with Crippen LogP contribution in [-0.2, 0) is 14.6 Å². The van der Waals surface area contributed by atoms with Crippen LogP contribution in [0.3, 0.4) is 0 Å². The summed E-state index contributed by atoms with van der Waals surface area (Å²) in [5.41, 5.74) is -0.727. The summed E-state index contributed by atoms with van der Waals surface area (Å²) in [6, 6.07) is -0.486. The number of imide groups is 1. The highest BCUT2D eigenvalue weighted by Crippen LogP contribution is 2.30. The van der Waals surface area contributed by atoms with Crippen LogP contribution in [0.15, 0.2) is 0 Å². The van der Waals surface area contributed by atoms with Crippen molar-refractivity contribution >= 4 is 21.8 Å². The van der Waals surface area contributed by atoms with E-state index in [4.69, 9.17) is 0 Å². The van der Waals surface area contributed by atoms with E-state index in [1.807, 2.05) is 0 Å². The smallest absolute Gasteiger partial charge is 0.309 e. The summed E-state index contributed by atoms with van der Waals surface area (Å²) in [7, 11) is -3.07. The Bertz CT molecular complexity index is 430. The lowest BCUT2D eigenvalue weighted by molar-refractivity contribution is -0.118. The van der Waals surface area contributed by atoms with Gasteiger partial charge in [-0.05, 0) is 13.3 Å². The zero-order valence-electron chi connectivity index (χ0n) is 8.32. The zero-order valence-corrected chi connectivity index (χ0v) is 9.13. The Hall–Kier alpha value is -1.11. The molecule has 0 aromatic carbocycles. The van der Waals surface area contributed by atoms with Crippen LogP contribution in [0.2, 0.25) is 0 Å². The summed E-state index contributed by atoms with van der Waals surface area (Å²) < 4.78 is 22.7. The maximum absolute atomic E-state index is 11.4. The van der Waals surface area contributed by atoms with E-state index in [9.17, 15) is 18.0 Å². The topological polar surface area (TPSA) is 83.6 Å². The van der Waals surface area contributed by atoms with Gasteiger partial charge >= 0.3 is 6.03 Å². The Kier molecular flexibility index (Phi) is 2.04. The van der Waals surface area contributed by atoms with Gasteiger partial charge in [0, 0.05) is 0 Å². The lowest BCUT2D eigenvalue weighted by Gasteiger charge is -2.32. The number of nitrogens with one attached hydrogen (secondary N) is 1. The highest BCUT2D eigenvalue weighted by molar-refractivity contribution is 7.91. The van der Waals surface area contributed by atoms with Gasteiger partial charge in [-0.15, -0.1) is 0 Å². The Morgan fingerprint density at radius 1 is 1.40 bits per heavy atom. The first-order valence-corrected chi connectivity index (χ1v) is 6.46. The van der Waals surface area contributed by atoms with Crippen LogP contribution in [0, 0.1) is 0 Å². The van der Waals surface area contributed by atoms with Gasteiger partial charge in [0.05, 0.1) is 17.0 Å². The van der Waals surface area contributed by atoms with Crippen molar-refractivity contribution in [2.24, 2.45) is 0 Å². The first kappa shape index (κ1) is 10.4. The number of nitrogens with zero attached hydrogens (tertiary/aromatic N) is 1. The molecule has 0 spiro atoms. The predicted octanol–water partition coefficient (Wildman–Crippen LogP) is -0.885. The Labute approximate surface area is 87.5 Å². The monoisotopic (exact) mass is 232 g/mol. The highest BCUT2D eigenvalue weighted by atomic mass is 32.2. The molecule has 2 saturated heterocycles. The molecule has 84 valence electrons.